The van der Waals surface area contributed by atoms with E-state index in [9.17, 15) is 4.39 Å². The van der Waals surface area contributed by atoms with Crippen LogP contribution in [0.1, 0.15) is 73.6 Å². The first-order valence-electron chi connectivity index (χ1n) is 11.5. The van der Waals surface area contributed by atoms with Gasteiger partial charge in [-0.2, -0.15) is 0 Å². The highest BCUT2D eigenvalue weighted by molar-refractivity contribution is 5.90. The van der Waals surface area contributed by atoms with Crippen molar-refractivity contribution in [3.05, 3.63) is 94.8 Å². The summed E-state index contributed by atoms with van der Waals surface area (Å²) in [5.41, 5.74) is 10.9. The van der Waals surface area contributed by atoms with Crippen molar-refractivity contribution in [1.82, 2.24) is 0 Å². The maximum Gasteiger partial charge on any atom is 0.131 e. The van der Waals surface area contributed by atoms with Gasteiger partial charge in [0, 0.05) is 5.39 Å². The minimum Gasteiger partial charge on any atom is -0.206 e. The molecule has 0 N–H and O–H groups in total. The predicted molar refractivity (Wildman–Crippen MR) is 128 cm³/mol. The van der Waals surface area contributed by atoms with E-state index in [1.165, 1.54) is 33.4 Å². The van der Waals surface area contributed by atoms with Crippen LogP contribution in [-0.2, 0) is 0 Å². The van der Waals surface area contributed by atoms with Crippen molar-refractivity contribution < 1.29 is 4.39 Å². The number of hydrogen-bond donors (Lipinski definition) is 0. The second-order valence-corrected chi connectivity index (χ2v) is 9.68. The Bertz CT molecular complexity index is 1310. The molecule has 31 heavy (non-hydrogen) atoms. The highest BCUT2D eigenvalue weighted by Crippen LogP contribution is 2.57. The first kappa shape index (κ1) is 18.8. The minimum absolute atomic E-state index is 0.144. The molecule has 4 atom stereocenters. The molecule has 4 unspecified atom stereocenters. The summed E-state index contributed by atoms with van der Waals surface area (Å²) in [5, 5.41) is 1.65. The van der Waals surface area contributed by atoms with Crippen LogP contribution in [0, 0.1) is 5.82 Å². The molecule has 0 radical (unpaired) electrons. The van der Waals surface area contributed by atoms with E-state index >= 15 is 0 Å². The van der Waals surface area contributed by atoms with Crippen molar-refractivity contribution in [2.45, 2.75) is 51.4 Å². The van der Waals surface area contributed by atoms with Gasteiger partial charge >= 0.3 is 0 Å². The van der Waals surface area contributed by atoms with Gasteiger partial charge in [-0.1, -0.05) is 82.3 Å². The molecule has 6 rings (SSSR count). The number of benzene rings is 4. The maximum atomic E-state index is 14.9. The van der Waals surface area contributed by atoms with Gasteiger partial charge in [-0.25, -0.2) is 4.39 Å². The van der Waals surface area contributed by atoms with Crippen LogP contribution >= 0.6 is 0 Å². The molecule has 0 heterocycles. The molecule has 0 spiro atoms. The van der Waals surface area contributed by atoms with Gasteiger partial charge < -0.3 is 0 Å². The molecule has 1 heteroatoms. The van der Waals surface area contributed by atoms with Gasteiger partial charge in [-0.3, -0.25) is 0 Å². The molecule has 0 amide bonds. The van der Waals surface area contributed by atoms with E-state index < -0.39 is 0 Å². The molecule has 0 saturated heterocycles. The molecule has 2 aliphatic carbocycles. The fourth-order valence-corrected chi connectivity index (χ4v) is 6.01. The lowest BCUT2D eigenvalue weighted by atomic mass is 9.63. The highest BCUT2D eigenvalue weighted by atomic mass is 19.1. The highest BCUT2D eigenvalue weighted by Gasteiger charge is 2.38. The first-order chi connectivity index (χ1) is 15.0. The van der Waals surface area contributed by atoms with E-state index in [1.807, 2.05) is 24.3 Å². The van der Waals surface area contributed by atoms with Gasteiger partial charge in [0.25, 0.3) is 0 Å². The molecular weight excluding hydrogens is 379 g/mol. The SMILES string of the molecule is CC1c2cccc3c2-c2c(cc(-c4cc(F)c5ccccc5c4)cc2C(C)C3C)C1C. The molecular formula is C30H27F. The van der Waals surface area contributed by atoms with Crippen molar-refractivity contribution in [3.63, 3.8) is 0 Å². The van der Waals surface area contributed by atoms with Gasteiger partial charge in [0.1, 0.15) is 5.82 Å². The zero-order chi connectivity index (χ0) is 21.4. The van der Waals surface area contributed by atoms with Crippen LogP contribution in [-0.4, -0.2) is 0 Å². The van der Waals surface area contributed by atoms with Crippen molar-refractivity contribution >= 4 is 10.8 Å². The van der Waals surface area contributed by atoms with Gasteiger partial charge in [-0.05, 0) is 85.7 Å². The average molecular weight is 407 g/mol. The molecule has 4 aromatic rings. The summed E-state index contributed by atoms with van der Waals surface area (Å²) < 4.78 is 14.9. The zero-order valence-electron chi connectivity index (χ0n) is 18.5. The third-order valence-corrected chi connectivity index (χ3v) is 8.19. The fraction of sp³-hybridized carbons (Fsp3) is 0.267. The Hall–Kier alpha value is -2.93. The lowest BCUT2D eigenvalue weighted by Gasteiger charge is -2.41. The van der Waals surface area contributed by atoms with Crippen molar-refractivity contribution in [2.75, 3.05) is 0 Å². The number of hydrogen-bond acceptors (Lipinski definition) is 0. The Morgan fingerprint density at radius 2 is 1.06 bits per heavy atom. The number of rotatable bonds is 1. The monoisotopic (exact) mass is 406 g/mol. The van der Waals surface area contributed by atoms with E-state index in [-0.39, 0.29) is 5.82 Å². The standard InChI is InChI=1S/C30H27F/c1-16-18(3)26-13-22(21-12-20-8-5-6-9-25(20)28(31)15-21)14-27-19(4)17(2)24-11-7-10-23(16)29(24)30(26)27/h5-19H,1-4H3. The van der Waals surface area contributed by atoms with Crippen LogP contribution in [0.3, 0.4) is 0 Å². The zero-order valence-corrected chi connectivity index (χ0v) is 18.5. The summed E-state index contributed by atoms with van der Waals surface area (Å²) in [6, 6.07) is 23.2. The molecule has 0 saturated carbocycles. The number of fused-ring (bicyclic) bond motifs is 1. The Morgan fingerprint density at radius 1 is 0.548 bits per heavy atom. The molecule has 2 aliphatic rings. The second-order valence-electron chi connectivity index (χ2n) is 9.68. The van der Waals surface area contributed by atoms with Crippen LogP contribution in [0.15, 0.2) is 66.7 Å². The number of halogens is 1. The van der Waals surface area contributed by atoms with Crippen molar-refractivity contribution in [1.29, 1.82) is 0 Å². The summed E-state index contributed by atoms with van der Waals surface area (Å²) in [5.74, 6) is 1.67. The first-order valence-corrected chi connectivity index (χ1v) is 11.5. The third kappa shape index (κ3) is 2.53. The predicted octanol–water partition coefficient (Wildman–Crippen LogP) is 8.75. The Kier molecular flexibility index (Phi) is 3.96. The molecule has 0 fully saturated rings. The molecule has 154 valence electrons. The van der Waals surface area contributed by atoms with Crippen LogP contribution in [0.5, 0.6) is 0 Å². The Morgan fingerprint density at radius 3 is 1.71 bits per heavy atom. The van der Waals surface area contributed by atoms with Crippen LogP contribution in [0.4, 0.5) is 4.39 Å². The lowest BCUT2D eigenvalue weighted by molar-refractivity contribution is 0.580. The summed E-state index contributed by atoms with van der Waals surface area (Å²) in [6.45, 7) is 9.41. The summed E-state index contributed by atoms with van der Waals surface area (Å²) in [6.07, 6.45) is 0. The fourth-order valence-electron chi connectivity index (χ4n) is 6.01. The Labute approximate surface area is 183 Å². The smallest absolute Gasteiger partial charge is 0.131 e. The summed E-state index contributed by atoms with van der Waals surface area (Å²) in [4.78, 5) is 0. The van der Waals surface area contributed by atoms with Gasteiger partial charge in [-0.15, -0.1) is 0 Å². The lowest BCUT2D eigenvalue weighted by Crippen LogP contribution is -2.22. The molecule has 0 aliphatic heterocycles. The Balaban J connectivity index is 1.66. The van der Waals surface area contributed by atoms with E-state index in [0.29, 0.717) is 29.1 Å². The van der Waals surface area contributed by atoms with Crippen LogP contribution < -0.4 is 0 Å². The van der Waals surface area contributed by atoms with E-state index in [4.69, 9.17) is 0 Å². The van der Waals surface area contributed by atoms with E-state index in [2.05, 4.69) is 64.1 Å². The molecule has 0 bridgehead atoms. The quantitative estimate of drug-likeness (QED) is 0.296. The summed E-state index contributed by atoms with van der Waals surface area (Å²) in [7, 11) is 0. The molecule has 0 nitrogen and oxygen atoms in total. The van der Waals surface area contributed by atoms with Crippen molar-refractivity contribution in [2.24, 2.45) is 0 Å². The third-order valence-electron chi connectivity index (χ3n) is 8.19. The van der Waals surface area contributed by atoms with Gasteiger partial charge in [0.05, 0.1) is 0 Å². The minimum atomic E-state index is -0.144. The second kappa shape index (κ2) is 6.53. The van der Waals surface area contributed by atoms with Crippen molar-refractivity contribution in [3.8, 4) is 22.3 Å². The van der Waals surface area contributed by atoms with Gasteiger partial charge in [0.2, 0.25) is 0 Å². The van der Waals surface area contributed by atoms with Crippen LogP contribution in [0.2, 0.25) is 0 Å². The van der Waals surface area contributed by atoms with E-state index in [0.717, 1.165) is 16.5 Å². The maximum absolute atomic E-state index is 14.9. The average Bonchev–Trinajstić information content (AvgIpc) is 2.79. The normalized spacial score (nSPS) is 23.6. The largest absolute Gasteiger partial charge is 0.206 e. The van der Waals surface area contributed by atoms with Gasteiger partial charge in [0.15, 0.2) is 0 Å². The molecule has 0 aromatic heterocycles. The topological polar surface area (TPSA) is 0 Å². The molecule has 4 aromatic carbocycles. The summed E-state index contributed by atoms with van der Waals surface area (Å²) >= 11 is 0. The van der Waals surface area contributed by atoms with E-state index in [1.54, 1.807) is 6.07 Å². The van der Waals surface area contributed by atoms with Crippen LogP contribution in [0.25, 0.3) is 33.0 Å².